The maximum Gasteiger partial charge on any atom is 0.0235 e. The van der Waals surface area contributed by atoms with E-state index in [2.05, 4.69) is 37.9 Å². The summed E-state index contributed by atoms with van der Waals surface area (Å²) in [6.45, 7) is 11.9. The van der Waals surface area contributed by atoms with Gasteiger partial charge in [0.25, 0.3) is 0 Å². The van der Waals surface area contributed by atoms with Crippen molar-refractivity contribution in [2.45, 2.75) is 65.1 Å². The Hall–Kier alpha value is -0.0800. The third-order valence-corrected chi connectivity index (χ3v) is 4.25. The zero-order valence-electron chi connectivity index (χ0n) is 11.4. The van der Waals surface area contributed by atoms with E-state index in [1.54, 1.807) is 0 Å². The van der Waals surface area contributed by atoms with Crippen molar-refractivity contribution >= 4 is 0 Å². The van der Waals surface area contributed by atoms with Gasteiger partial charge in [-0.3, -0.25) is 4.90 Å². The number of nitrogens with one attached hydrogen (secondary N) is 1. The van der Waals surface area contributed by atoms with Crippen molar-refractivity contribution in [3.8, 4) is 0 Å². The van der Waals surface area contributed by atoms with Crippen LogP contribution >= 0.6 is 0 Å². The van der Waals surface area contributed by atoms with Crippen LogP contribution in [0.2, 0.25) is 0 Å². The molecular weight excluding hydrogens is 196 g/mol. The fourth-order valence-electron chi connectivity index (χ4n) is 2.93. The summed E-state index contributed by atoms with van der Waals surface area (Å²) in [5, 5.41) is 3.84. The lowest BCUT2D eigenvalue weighted by atomic mass is 10.0. The zero-order chi connectivity index (χ0) is 11.7. The third-order valence-electron chi connectivity index (χ3n) is 4.25. The Labute approximate surface area is 101 Å². The van der Waals surface area contributed by atoms with Gasteiger partial charge in [0.2, 0.25) is 0 Å². The van der Waals surface area contributed by atoms with Crippen LogP contribution in [0.3, 0.4) is 0 Å². The molecule has 3 unspecified atom stereocenters. The maximum atomic E-state index is 3.84. The summed E-state index contributed by atoms with van der Waals surface area (Å²) in [5.74, 6) is 1.85. The normalized spacial score (nSPS) is 33.6. The average molecular weight is 224 g/mol. The molecule has 0 radical (unpaired) electrons. The smallest absolute Gasteiger partial charge is 0.0235 e. The van der Waals surface area contributed by atoms with E-state index < -0.39 is 0 Å². The molecule has 0 aromatic heterocycles. The van der Waals surface area contributed by atoms with Crippen molar-refractivity contribution in [1.82, 2.24) is 10.2 Å². The highest BCUT2D eigenvalue weighted by Crippen LogP contribution is 2.33. The van der Waals surface area contributed by atoms with Crippen LogP contribution in [0.5, 0.6) is 0 Å². The van der Waals surface area contributed by atoms with Gasteiger partial charge < -0.3 is 5.32 Å². The molecule has 1 saturated carbocycles. The minimum atomic E-state index is 0.702. The lowest BCUT2D eigenvalue weighted by molar-refractivity contribution is 0.262. The molecule has 1 saturated heterocycles. The van der Waals surface area contributed by atoms with Crippen LogP contribution in [0.1, 0.15) is 47.0 Å². The molecule has 1 N–H and O–H groups in total. The van der Waals surface area contributed by atoms with Crippen molar-refractivity contribution in [2.75, 3.05) is 13.1 Å². The summed E-state index contributed by atoms with van der Waals surface area (Å²) >= 11 is 0. The second-order valence-electron chi connectivity index (χ2n) is 6.38. The Morgan fingerprint density at radius 3 is 2.38 bits per heavy atom. The van der Waals surface area contributed by atoms with Crippen LogP contribution in [0.4, 0.5) is 0 Å². The number of rotatable bonds is 5. The highest BCUT2D eigenvalue weighted by molar-refractivity contribution is 4.90. The molecule has 0 amide bonds. The van der Waals surface area contributed by atoms with Crippen LogP contribution in [-0.2, 0) is 0 Å². The molecule has 1 heterocycles. The Morgan fingerprint density at radius 1 is 1.19 bits per heavy atom. The van der Waals surface area contributed by atoms with Gasteiger partial charge in [-0.05, 0) is 39.0 Å². The molecular formula is C14H28N2. The molecule has 1 aliphatic carbocycles. The molecule has 2 fully saturated rings. The van der Waals surface area contributed by atoms with E-state index in [4.69, 9.17) is 0 Å². The molecule has 2 rings (SSSR count). The van der Waals surface area contributed by atoms with Gasteiger partial charge in [-0.15, -0.1) is 0 Å². The highest BCUT2D eigenvalue weighted by Gasteiger charge is 2.32. The number of likely N-dealkylation sites (tertiary alicyclic amines) is 1. The van der Waals surface area contributed by atoms with Gasteiger partial charge in [-0.2, -0.15) is 0 Å². The summed E-state index contributed by atoms with van der Waals surface area (Å²) in [6, 6.07) is 2.14. The first-order chi connectivity index (χ1) is 7.56. The first kappa shape index (κ1) is 12.4. The summed E-state index contributed by atoms with van der Waals surface area (Å²) in [6.07, 6.45) is 4.35. The lowest BCUT2D eigenvalue weighted by Gasteiger charge is -2.23. The SMILES string of the molecule is CC(CC1CC1)NC1CN(C(C)C)CC1C. The largest absolute Gasteiger partial charge is 0.310 e. The molecule has 0 spiro atoms. The van der Waals surface area contributed by atoms with Crippen molar-refractivity contribution in [3.63, 3.8) is 0 Å². The molecule has 0 aromatic rings. The Kier molecular flexibility index (Phi) is 3.91. The van der Waals surface area contributed by atoms with Gasteiger partial charge in [0.05, 0.1) is 0 Å². The lowest BCUT2D eigenvalue weighted by Crippen LogP contribution is -2.42. The molecule has 3 atom stereocenters. The molecule has 2 aliphatic rings. The van der Waals surface area contributed by atoms with E-state index in [0.29, 0.717) is 12.1 Å². The minimum absolute atomic E-state index is 0.702. The molecule has 2 heteroatoms. The maximum absolute atomic E-state index is 3.84. The first-order valence-corrected chi connectivity index (χ1v) is 7.06. The third kappa shape index (κ3) is 3.21. The number of nitrogens with zero attached hydrogens (tertiary/aromatic N) is 1. The molecule has 0 bridgehead atoms. The zero-order valence-corrected chi connectivity index (χ0v) is 11.4. The van der Waals surface area contributed by atoms with Crippen LogP contribution in [0, 0.1) is 11.8 Å². The Balaban J connectivity index is 1.75. The molecule has 16 heavy (non-hydrogen) atoms. The van der Waals surface area contributed by atoms with Gasteiger partial charge in [-0.1, -0.05) is 19.8 Å². The standard InChI is InChI=1S/C14H28N2/c1-10(2)16-8-11(3)14(9-16)15-12(4)7-13-5-6-13/h10-15H,5-9H2,1-4H3. The average Bonchev–Trinajstić information content (AvgIpc) is 2.91. The van der Waals surface area contributed by atoms with Gasteiger partial charge in [0.1, 0.15) is 0 Å². The van der Waals surface area contributed by atoms with E-state index in [9.17, 15) is 0 Å². The van der Waals surface area contributed by atoms with E-state index in [1.807, 2.05) is 0 Å². The molecule has 94 valence electrons. The van der Waals surface area contributed by atoms with Gasteiger partial charge in [0.15, 0.2) is 0 Å². The van der Waals surface area contributed by atoms with Crippen LogP contribution < -0.4 is 5.32 Å². The van der Waals surface area contributed by atoms with Crippen molar-refractivity contribution in [1.29, 1.82) is 0 Å². The van der Waals surface area contributed by atoms with Gasteiger partial charge in [-0.25, -0.2) is 0 Å². The highest BCUT2D eigenvalue weighted by atomic mass is 15.2. The summed E-state index contributed by atoms with van der Waals surface area (Å²) in [7, 11) is 0. The van der Waals surface area contributed by atoms with Gasteiger partial charge in [0, 0.05) is 31.2 Å². The molecule has 1 aliphatic heterocycles. The van der Waals surface area contributed by atoms with Crippen LogP contribution in [0.15, 0.2) is 0 Å². The summed E-state index contributed by atoms with van der Waals surface area (Å²) in [4.78, 5) is 2.60. The fraction of sp³-hybridized carbons (Fsp3) is 1.00. The van der Waals surface area contributed by atoms with E-state index in [0.717, 1.165) is 17.9 Å². The van der Waals surface area contributed by atoms with E-state index in [1.165, 1.54) is 32.4 Å². The van der Waals surface area contributed by atoms with Gasteiger partial charge >= 0.3 is 0 Å². The predicted molar refractivity (Wildman–Crippen MR) is 69.6 cm³/mol. The number of hydrogen-bond acceptors (Lipinski definition) is 2. The summed E-state index contributed by atoms with van der Waals surface area (Å²) in [5.41, 5.74) is 0. The first-order valence-electron chi connectivity index (χ1n) is 7.06. The van der Waals surface area contributed by atoms with Crippen molar-refractivity contribution < 1.29 is 0 Å². The van der Waals surface area contributed by atoms with Crippen molar-refractivity contribution in [3.05, 3.63) is 0 Å². The topological polar surface area (TPSA) is 15.3 Å². The van der Waals surface area contributed by atoms with E-state index in [-0.39, 0.29) is 0 Å². The summed E-state index contributed by atoms with van der Waals surface area (Å²) < 4.78 is 0. The monoisotopic (exact) mass is 224 g/mol. The fourth-order valence-corrected chi connectivity index (χ4v) is 2.93. The second-order valence-corrected chi connectivity index (χ2v) is 6.38. The van der Waals surface area contributed by atoms with Crippen LogP contribution in [-0.4, -0.2) is 36.1 Å². The predicted octanol–water partition coefficient (Wildman–Crippen LogP) is 2.49. The minimum Gasteiger partial charge on any atom is -0.310 e. The second kappa shape index (κ2) is 5.05. The Bertz CT molecular complexity index is 223. The van der Waals surface area contributed by atoms with E-state index >= 15 is 0 Å². The van der Waals surface area contributed by atoms with Crippen molar-refractivity contribution in [2.24, 2.45) is 11.8 Å². The quantitative estimate of drug-likeness (QED) is 0.772. The number of hydrogen-bond donors (Lipinski definition) is 1. The van der Waals surface area contributed by atoms with Crippen LogP contribution in [0.25, 0.3) is 0 Å². The molecule has 0 aromatic carbocycles. The Morgan fingerprint density at radius 2 is 1.88 bits per heavy atom. The molecule has 2 nitrogen and oxygen atoms in total.